The Morgan fingerprint density at radius 1 is 1.32 bits per heavy atom. The molecule has 11 heteroatoms. The number of para-hydroxylation sites is 1. The molecule has 2 aromatic heterocycles. The summed E-state index contributed by atoms with van der Waals surface area (Å²) in [6, 6.07) is 6.64. The molecular weight excluding hydrogens is 442 g/mol. The maximum Gasteiger partial charge on any atom is 0.410 e. The number of hydrogen-bond acceptors (Lipinski definition) is 5. The van der Waals surface area contributed by atoms with Crippen molar-refractivity contribution in [2.45, 2.75) is 37.9 Å². The summed E-state index contributed by atoms with van der Waals surface area (Å²) in [5.74, 6) is 0.186. The molecule has 3 aromatic rings. The number of carbonyl (C=O) groups excluding carboxylic acids is 1. The zero-order valence-corrected chi connectivity index (χ0v) is 19.0. The number of ether oxygens (including phenoxy) is 1. The number of fused-ring (bicyclic) bond motifs is 1. The number of halogens is 1. The molecule has 1 aromatic carbocycles. The van der Waals surface area contributed by atoms with Crippen LogP contribution in [0.15, 0.2) is 41.7 Å². The molecular formula is C20H24ClN5O4S. The summed E-state index contributed by atoms with van der Waals surface area (Å²) in [4.78, 5) is 16.6. The molecule has 0 atom stereocenters. The largest absolute Gasteiger partial charge is 0.444 e. The predicted octanol–water partition coefficient (Wildman–Crippen LogP) is 3.69. The van der Waals surface area contributed by atoms with Crippen molar-refractivity contribution in [3.63, 3.8) is 0 Å². The maximum absolute atomic E-state index is 12.8. The molecule has 0 unspecified atom stereocenters. The molecule has 1 saturated heterocycles. The first-order valence-electron chi connectivity index (χ1n) is 9.82. The highest BCUT2D eigenvalue weighted by molar-refractivity contribution is 7.92. The van der Waals surface area contributed by atoms with Crippen molar-refractivity contribution in [2.75, 3.05) is 17.8 Å². The molecule has 0 spiro atoms. The minimum Gasteiger partial charge on any atom is -0.444 e. The van der Waals surface area contributed by atoms with E-state index >= 15 is 0 Å². The summed E-state index contributed by atoms with van der Waals surface area (Å²) in [6.07, 6.45) is 2.89. The van der Waals surface area contributed by atoms with E-state index in [0.717, 1.165) is 5.39 Å². The van der Waals surface area contributed by atoms with Gasteiger partial charge in [-0.25, -0.2) is 4.79 Å². The predicted molar refractivity (Wildman–Crippen MR) is 118 cm³/mol. The SMILES string of the molecule is CC(C)(C)OC(=O)N1CC(Cn2ccc(S(=O)(=O)Nc3cccc4c(Cl)c[nH]c34)n2)C1. The zero-order chi connectivity index (χ0) is 22.4. The van der Waals surface area contributed by atoms with Crippen LogP contribution in [0.25, 0.3) is 10.9 Å². The Morgan fingerprint density at radius 3 is 2.77 bits per heavy atom. The molecule has 4 rings (SSSR count). The Hall–Kier alpha value is -2.72. The van der Waals surface area contributed by atoms with Crippen molar-refractivity contribution in [1.82, 2.24) is 19.7 Å². The number of likely N-dealkylation sites (tertiary alicyclic amines) is 1. The van der Waals surface area contributed by atoms with Gasteiger partial charge in [-0.15, -0.1) is 0 Å². The van der Waals surface area contributed by atoms with Gasteiger partial charge >= 0.3 is 6.09 Å². The van der Waals surface area contributed by atoms with E-state index in [4.69, 9.17) is 16.3 Å². The van der Waals surface area contributed by atoms with E-state index in [0.29, 0.717) is 35.9 Å². The minimum absolute atomic E-state index is 0.0783. The molecule has 0 radical (unpaired) electrons. The van der Waals surface area contributed by atoms with Gasteiger partial charge in [0.1, 0.15) is 5.60 Å². The molecule has 3 heterocycles. The average molecular weight is 466 g/mol. The van der Waals surface area contributed by atoms with Crippen LogP contribution < -0.4 is 4.72 Å². The van der Waals surface area contributed by atoms with E-state index in [1.165, 1.54) is 6.07 Å². The fourth-order valence-electron chi connectivity index (χ4n) is 3.42. The van der Waals surface area contributed by atoms with Crippen molar-refractivity contribution in [3.8, 4) is 0 Å². The second kappa shape index (κ2) is 7.76. The number of amides is 1. The Kier molecular flexibility index (Phi) is 5.38. The zero-order valence-electron chi connectivity index (χ0n) is 17.4. The number of rotatable bonds is 5. The fourth-order valence-corrected chi connectivity index (χ4v) is 4.64. The van der Waals surface area contributed by atoms with Crippen LogP contribution in [0.4, 0.5) is 10.5 Å². The molecule has 1 fully saturated rings. The van der Waals surface area contributed by atoms with Gasteiger partial charge in [-0.3, -0.25) is 9.40 Å². The van der Waals surface area contributed by atoms with E-state index in [9.17, 15) is 13.2 Å². The second-order valence-corrected chi connectivity index (χ2v) is 10.6. The fraction of sp³-hybridized carbons (Fsp3) is 0.400. The highest BCUT2D eigenvalue weighted by Crippen LogP contribution is 2.29. The van der Waals surface area contributed by atoms with Crippen LogP contribution in [0.3, 0.4) is 0 Å². The van der Waals surface area contributed by atoms with E-state index in [1.807, 2.05) is 20.8 Å². The van der Waals surface area contributed by atoms with Gasteiger partial charge in [0.2, 0.25) is 0 Å². The van der Waals surface area contributed by atoms with Gasteiger partial charge in [0.25, 0.3) is 10.0 Å². The lowest BCUT2D eigenvalue weighted by Gasteiger charge is -2.39. The number of aromatic amines is 1. The van der Waals surface area contributed by atoms with Gasteiger partial charge in [-0.1, -0.05) is 23.7 Å². The van der Waals surface area contributed by atoms with E-state index in [1.54, 1.807) is 40.2 Å². The molecule has 1 aliphatic heterocycles. The molecule has 0 saturated carbocycles. The van der Waals surface area contributed by atoms with Gasteiger partial charge in [-0.05, 0) is 32.9 Å². The van der Waals surface area contributed by atoms with Gasteiger partial charge in [0.05, 0.1) is 16.2 Å². The quantitative estimate of drug-likeness (QED) is 0.597. The molecule has 1 amide bonds. The van der Waals surface area contributed by atoms with Crippen LogP contribution >= 0.6 is 11.6 Å². The summed E-state index contributed by atoms with van der Waals surface area (Å²) in [7, 11) is -3.87. The summed E-state index contributed by atoms with van der Waals surface area (Å²) in [6.45, 7) is 7.08. The molecule has 1 aliphatic rings. The Bertz CT molecular complexity index is 1220. The van der Waals surface area contributed by atoms with Crippen molar-refractivity contribution in [3.05, 3.63) is 41.7 Å². The van der Waals surface area contributed by atoms with Crippen molar-refractivity contribution in [1.29, 1.82) is 0 Å². The summed E-state index contributed by atoms with van der Waals surface area (Å²) in [5.41, 5.74) is 0.467. The number of H-pyrrole nitrogens is 1. The van der Waals surface area contributed by atoms with Crippen LogP contribution in [0.1, 0.15) is 20.8 Å². The minimum atomic E-state index is -3.87. The van der Waals surface area contributed by atoms with Crippen LogP contribution in [0, 0.1) is 5.92 Å². The first-order valence-corrected chi connectivity index (χ1v) is 11.7. The number of nitrogens with one attached hydrogen (secondary N) is 2. The number of aromatic nitrogens is 3. The molecule has 9 nitrogen and oxygen atoms in total. The summed E-state index contributed by atoms with van der Waals surface area (Å²) < 4.78 is 35.1. The molecule has 0 aliphatic carbocycles. The number of hydrogen-bond donors (Lipinski definition) is 2. The van der Waals surface area contributed by atoms with E-state index in [2.05, 4.69) is 14.8 Å². The first-order chi connectivity index (χ1) is 14.5. The molecule has 31 heavy (non-hydrogen) atoms. The Morgan fingerprint density at radius 2 is 2.06 bits per heavy atom. The van der Waals surface area contributed by atoms with Crippen LogP contribution in [-0.4, -0.2) is 52.9 Å². The molecule has 0 bridgehead atoms. The van der Waals surface area contributed by atoms with E-state index < -0.39 is 15.6 Å². The number of anilines is 1. The number of nitrogens with zero attached hydrogens (tertiary/aromatic N) is 3. The van der Waals surface area contributed by atoms with Gasteiger partial charge in [-0.2, -0.15) is 13.5 Å². The highest BCUT2D eigenvalue weighted by Gasteiger charge is 2.34. The van der Waals surface area contributed by atoms with Crippen molar-refractivity contribution >= 4 is 44.3 Å². The van der Waals surface area contributed by atoms with Crippen LogP contribution in [-0.2, 0) is 21.3 Å². The lowest BCUT2D eigenvalue weighted by Crippen LogP contribution is -2.52. The van der Waals surface area contributed by atoms with Gasteiger partial charge in [0, 0.05) is 43.3 Å². The molecule has 166 valence electrons. The monoisotopic (exact) mass is 465 g/mol. The summed E-state index contributed by atoms with van der Waals surface area (Å²) in [5, 5.41) is 5.38. The highest BCUT2D eigenvalue weighted by atomic mass is 35.5. The summed E-state index contributed by atoms with van der Waals surface area (Å²) >= 11 is 6.11. The van der Waals surface area contributed by atoms with Crippen LogP contribution in [0.5, 0.6) is 0 Å². The lowest BCUT2D eigenvalue weighted by molar-refractivity contribution is -0.00387. The van der Waals surface area contributed by atoms with Gasteiger partial charge in [0.15, 0.2) is 5.03 Å². The number of sulfonamides is 1. The first kappa shape index (κ1) is 21.5. The van der Waals surface area contributed by atoms with Crippen molar-refractivity contribution < 1.29 is 17.9 Å². The van der Waals surface area contributed by atoms with Crippen LogP contribution in [0.2, 0.25) is 5.02 Å². The Labute approximate surface area is 185 Å². The van der Waals surface area contributed by atoms with E-state index in [-0.39, 0.29) is 17.0 Å². The van der Waals surface area contributed by atoms with Crippen molar-refractivity contribution in [2.24, 2.45) is 5.92 Å². The number of benzene rings is 1. The second-order valence-electron chi connectivity index (χ2n) is 8.60. The standard InChI is InChI=1S/C20H24ClN5O4S/c1-20(2,3)30-19(27)25-10-13(11-25)12-26-8-7-17(23-26)31(28,29)24-16-6-4-5-14-15(21)9-22-18(14)16/h4-9,13,22,24H,10-12H2,1-3H3. The number of carbonyl (C=O) groups is 1. The smallest absolute Gasteiger partial charge is 0.410 e. The molecule has 2 N–H and O–H groups in total. The maximum atomic E-state index is 12.8. The van der Waals surface area contributed by atoms with Gasteiger partial charge < -0.3 is 14.6 Å². The Balaban J connectivity index is 1.39. The topological polar surface area (TPSA) is 109 Å². The average Bonchev–Trinajstić information content (AvgIpc) is 3.24. The lowest BCUT2D eigenvalue weighted by atomic mass is 10.0. The third-order valence-electron chi connectivity index (χ3n) is 4.85. The normalized spacial score (nSPS) is 15.2. The third kappa shape index (κ3) is 4.64. The third-order valence-corrected chi connectivity index (χ3v) is 6.42.